The van der Waals surface area contributed by atoms with Gasteiger partial charge in [0.15, 0.2) is 0 Å². The Morgan fingerprint density at radius 2 is 1.80 bits per heavy atom. The number of benzene rings is 2. The molecule has 0 spiro atoms. The van der Waals surface area contributed by atoms with Gasteiger partial charge in [-0.3, -0.25) is 14.2 Å². The molecule has 2 aromatic carbocycles. The van der Waals surface area contributed by atoms with Crippen molar-refractivity contribution in [3.63, 3.8) is 0 Å². The first-order valence-corrected chi connectivity index (χ1v) is 13.8. The zero-order valence-electron chi connectivity index (χ0n) is 19.7. The molecule has 6 rings (SSSR count). The summed E-state index contributed by atoms with van der Waals surface area (Å²) in [5.41, 5.74) is 2.95. The smallest absolute Gasteiger partial charge is 0.308 e. The second-order valence-corrected chi connectivity index (χ2v) is 12.3. The molecule has 0 saturated heterocycles. The number of carbonyl (C=O) groups excluding carboxylic acids is 1. The predicted molar refractivity (Wildman–Crippen MR) is 140 cm³/mol. The van der Waals surface area contributed by atoms with Crippen molar-refractivity contribution >= 4 is 40.4 Å². The minimum Gasteiger partial charge on any atom is -0.378 e. The molecule has 182 valence electrons. The van der Waals surface area contributed by atoms with Crippen LogP contribution in [-0.4, -0.2) is 29.8 Å². The lowest BCUT2D eigenvalue weighted by Gasteiger charge is -2.40. The molecule has 35 heavy (non-hydrogen) atoms. The minimum absolute atomic E-state index is 0.0349. The third kappa shape index (κ3) is 4.00. The van der Waals surface area contributed by atoms with E-state index < -0.39 is 0 Å². The highest BCUT2D eigenvalue weighted by atomic mass is 32.2. The third-order valence-electron chi connectivity index (χ3n) is 7.89. The first-order chi connectivity index (χ1) is 16.9. The quantitative estimate of drug-likeness (QED) is 0.500. The van der Waals surface area contributed by atoms with Crippen molar-refractivity contribution in [2.24, 2.45) is 17.8 Å². The highest BCUT2D eigenvalue weighted by molar-refractivity contribution is 8.00. The van der Waals surface area contributed by atoms with Crippen molar-refractivity contribution in [2.45, 2.75) is 42.0 Å². The number of hydrogen-bond acceptors (Lipinski definition) is 5. The molecule has 2 aliphatic carbocycles. The summed E-state index contributed by atoms with van der Waals surface area (Å²) < 4.78 is 14.9. The first-order valence-electron chi connectivity index (χ1n) is 12.1. The Balaban J connectivity index is 1.35. The summed E-state index contributed by atoms with van der Waals surface area (Å²) in [7, 11) is 4.08. The molecule has 0 radical (unpaired) electrons. The summed E-state index contributed by atoms with van der Waals surface area (Å²) >= 11 is 3.13. The van der Waals surface area contributed by atoms with Crippen LogP contribution >= 0.6 is 23.1 Å². The topological polar surface area (TPSA) is 54.3 Å². The second-order valence-electron chi connectivity index (χ2n) is 10.1. The number of fused-ring (bicyclic) bond motifs is 6. The Bertz CT molecular complexity index is 1320. The zero-order chi connectivity index (χ0) is 24.3. The van der Waals surface area contributed by atoms with Crippen molar-refractivity contribution in [1.29, 1.82) is 0 Å². The van der Waals surface area contributed by atoms with Crippen molar-refractivity contribution in [2.75, 3.05) is 24.3 Å². The molecule has 1 aromatic heterocycles. The lowest BCUT2D eigenvalue weighted by atomic mass is 9.75. The van der Waals surface area contributed by atoms with Gasteiger partial charge in [-0.25, -0.2) is 4.39 Å². The average molecular weight is 510 g/mol. The van der Waals surface area contributed by atoms with E-state index in [4.69, 9.17) is 0 Å². The van der Waals surface area contributed by atoms with Gasteiger partial charge in [0, 0.05) is 41.5 Å². The molecular weight excluding hydrogens is 481 g/mol. The maximum Gasteiger partial charge on any atom is 0.308 e. The average Bonchev–Trinajstić information content (AvgIpc) is 3.54. The molecule has 0 unspecified atom stereocenters. The highest BCUT2D eigenvalue weighted by Crippen LogP contribution is 2.64. The van der Waals surface area contributed by atoms with Crippen molar-refractivity contribution < 1.29 is 9.18 Å². The third-order valence-corrected chi connectivity index (χ3v) is 10.7. The largest absolute Gasteiger partial charge is 0.378 e. The van der Waals surface area contributed by atoms with Crippen LogP contribution in [0.4, 0.5) is 15.8 Å². The van der Waals surface area contributed by atoms with Gasteiger partial charge in [-0.2, -0.15) is 0 Å². The summed E-state index contributed by atoms with van der Waals surface area (Å²) in [5.74, 6) is 1.49. The van der Waals surface area contributed by atoms with E-state index in [0.717, 1.165) is 15.6 Å². The van der Waals surface area contributed by atoms with E-state index in [1.807, 2.05) is 25.9 Å². The maximum atomic E-state index is 13.2. The first kappa shape index (κ1) is 22.9. The molecule has 2 bridgehead atoms. The number of halogens is 1. The summed E-state index contributed by atoms with van der Waals surface area (Å²) in [6.45, 7) is -0.0349. The molecule has 3 aromatic rings. The van der Waals surface area contributed by atoms with Crippen LogP contribution < -0.4 is 15.1 Å². The van der Waals surface area contributed by atoms with Gasteiger partial charge in [-0.15, -0.1) is 11.8 Å². The van der Waals surface area contributed by atoms with Crippen LogP contribution in [0.5, 0.6) is 0 Å². The van der Waals surface area contributed by atoms with E-state index in [-0.39, 0.29) is 29.1 Å². The molecule has 3 aliphatic rings. The number of nitrogens with zero attached hydrogens (tertiary/aromatic N) is 2. The molecule has 8 heteroatoms. The van der Waals surface area contributed by atoms with Crippen LogP contribution in [-0.2, 0) is 11.3 Å². The summed E-state index contributed by atoms with van der Waals surface area (Å²) in [6, 6.07) is 14.4. The number of anilines is 2. The van der Waals surface area contributed by atoms with Crippen LogP contribution in [0.2, 0.25) is 0 Å². The zero-order valence-corrected chi connectivity index (χ0v) is 21.4. The van der Waals surface area contributed by atoms with Gasteiger partial charge in [0.1, 0.15) is 12.4 Å². The highest BCUT2D eigenvalue weighted by Gasteiger charge is 2.55. The van der Waals surface area contributed by atoms with E-state index >= 15 is 0 Å². The van der Waals surface area contributed by atoms with Crippen LogP contribution in [0.1, 0.15) is 35.6 Å². The Labute approximate surface area is 212 Å². The number of carbonyl (C=O) groups is 1. The lowest BCUT2D eigenvalue weighted by Crippen LogP contribution is -2.34. The SMILES string of the molecule is CN(C)c1ccc([C@@H]2c3sc(=O)n(CC(=O)Nc4ccc(F)cc4)c3S[C@@H]3[C@H]4CC[C@@H](C4)[C@@H]23)cc1. The normalized spacial score (nSPS) is 26.3. The van der Waals surface area contributed by atoms with Gasteiger partial charge < -0.3 is 10.2 Å². The number of thioether (sulfide) groups is 1. The molecule has 2 saturated carbocycles. The fourth-order valence-electron chi connectivity index (χ4n) is 6.32. The van der Waals surface area contributed by atoms with Crippen LogP contribution in [0.15, 0.2) is 58.4 Å². The fourth-order valence-corrected chi connectivity index (χ4v) is 9.47. The molecule has 1 aliphatic heterocycles. The standard InChI is InChI=1S/C27H28FN3O2S2/c1-30(2)20-11-5-15(6-12-20)22-23-16-3-4-17(13-16)24(23)34-26-25(22)35-27(33)31(26)14-21(32)29-19-9-7-18(28)8-10-19/h5-12,16-17,22-24H,3-4,13-14H2,1-2H3,(H,29,32)/t16-,17-,22-,23-,24+/m0/s1. The van der Waals surface area contributed by atoms with Crippen LogP contribution in [0, 0.1) is 23.6 Å². The summed E-state index contributed by atoms with van der Waals surface area (Å²) in [6.07, 6.45) is 3.82. The molecular formula is C27H28FN3O2S2. The number of amides is 1. The molecule has 2 fully saturated rings. The van der Waals surface area contributed by atoms with E-state index in [2.05, 4.69) is 34.5 Å². The number of hydrogen-bond donors (Lipinski definition) is 1. The van der Waals surface area contributed by atoms with E-state index in [1.54, 1.807) is 4.57 Å². The Morgan fingerprint density at radius 3 is 2.51 bits per heavy atom. The van der Waals surface area contributed by atoms with Gasteiger partial charge >= 0.3 is 4.87 Å². The number of thiazole rings is 1. The Morgan fingerprint density at radius 1 is 1.09 bits per heavy atom. The van der Waals surface area contributed by atoms with Crippen molar-refractivity contribution in [3.05, 3.63) is 74.5 Å². The summed E-state index contributed by atoms with van der Waals surface area (Å²) in [4.78, 5) is 29.2. The van der Waals surface area contributed by atoms with Crippen molar-refractivity contribution in [1.82, 2.24) is 4.57 Å². The van der Waals surface area contributed by atoms with Gasteiger partial charge in [-0.05, 0) is 79.0 Å². The van der Waals surface area contributed by atoms with E-state index in [9.17, 15) is 14.0 Å². The minimum atomic E-state index is -0.354. The molecule has 5 nitrogen and oxygen atoms in total. The molecule has 1 amide bonds. The fraction of sp³-hybridized carbons (Fsp3) is 0.407. The summed E-state index contributed by atoms with van der Waals surface area (Å²) in [5, 5.41) is 4.25. The number of nitrogens with one attached hydrogen (secondary N) is 1. The van der Waals surface area contributed by atoms with Crippen LogP contribution in [0.25, 0.3) is 0 Å². The second kappa shape index (κ2) is 8.82. The van der Waals surface area contributed by atoms with Gasteiger partial charge in [0.25, 0.3) is 0 Å². The van der Waals surface area contributed by atoms with Crippen molar-refractivity contribution in [3.8, 4) is 0 Å². The number of rotatable bonds is 5. The van der Waals surface area contributed by atoms with E-state index in [1.165, 1.54) is 60.4 Å². The monoisotopic (exact) mass is 509 g/mol. The predicted octanol–water partition coefficient (Wildman–Crippen LogP) is 5.41. The molecule has 5 atom stereocenters. The van der Waals surface area contributed by atoms with Crippen LogP contribution in [0.3, 0.4) is 0 Å². The Kier molecular flexibility index (Phi) is 5.76. The number of aromatic nitrogens is 1. The maximum absolute atomic E-state index is 13.2. The lowest BCUT2D eigenvalue weighted by molar-refractivity contribution is -0.116. The van der Waals surface area contributed by atoms with Gasteiger partial charge in [0.05, 0.1) is 5.03 Å². The van der Waals surface area contributed by atoms with Gasteiger partial charge in [0.2, 0.25) is 5.91 Å². The van der Waals surface area contributed by atoms with Gasteiger partial charge in [-0.1, -0.05) is 23.5 Å². The van der Waals surface area contributed by atoms with E-state index in [0.29, 0.717) is 28.7 Å². The molecule has 2 heterocycles. The Hall–Kier alpha value is -2.58. The molecule has 1 N–H and O–H groups in total.